The van der Waals surface area contributed by atoms with Gasteiger partial charge in [0.2, 0.25) is 0 Å². The molecule has 0 aliphatic carbocycles. The van der Waals surface area contributed by atoms with Crippen LogP contribution in [-0.4, -0.2) is 19.4 Å². The summed E-state index contributed by atoms with van der Waals surface area (Å²) in [6.07, 6.45) is 3.99. The van der Waals surface area contributed by atoms with Gasteiger partial charge in [0, 0.05) is 13.2 Å². The molecule has 0 atom stereocenters. The van der Waals surface area contributed by atoms with Crippen LogP contribution in [0.3, 0.4) is 0 Å². The molecule has 0 radical (unpaired) electrons. The van der Waals surface area contributed by atoms with Gasteiger partial charge in [0.25, 0.3) is 0 Å². The summed E-state index contributed by atoms with van der Waals surface area (Å²) in [5.74, 6) is 0. The van der Waals surface area contributed by atoms with E-state index in [1.807, 2.05) is 0 Å². The van der Waals surface area contributed by atoms with Crippen molar-refractivity contribution in [1.82, 2.24) is 0 Å². The smallest absolute Gasteiger partial charge is 0.0521 e. The molecule has 4 N–H and O–H groups in total. The SMILES string of the molecule is CCCCOCCCC(N)N. The lowest BCUT2D eigenvalue weighted by Crippen LogP contribution is -2.30. The molecule has 0 spiro atoms. The van der Waals surface area contributed by atoms with Crippen LogP contribution in [0.5, 0.6) is 0 Å². The lowest BCUT2D eigenvalue weighted by Gasteiger charge is -2.05. The first-order chi connectivity index (χ1) is 5.27. The quantitative estimate of drug-likeness (QED) is 0.428. The van der Waals surface area contributed by atoms with Crippen molar-refractivity contribution in [2.24, 2.45) is 11.5 Å². The Morgan fingerprint density at radius 2 is 1.82 bits per heavy atom. The van der Waals surface area contributed by atoms with E-state index in [1.165, 1.54) is 6.42 Å². The van der Waals surface area contributed by atoms with Gasteiger partial charge >= 0.3 is 0 Å². The van der Waals surface area contributed by atoms with Crippen LogP contribution in [0.25, 0.3) is 0 Å². The van der Waals surface area contributed by atoms with E-state index >= 15 is 0 Å². The number of hydrogen-bond acceptors (Lipinski definition) is 3. The van der Waals surface area contributed by atoms with Gasteiger partial charge in [-0.15, -0.1) is 0 Å². The van der Waals surface area contributed by atoms with E-state index < -0.39 is 0 Å². The van der Waals surface area contributed by atoms with Crippen molar-refractivity contribution in [2.75, 3.05) is 13.2 Å². The lowest BCUT2D eigenvalue weighted by atomic mass is 10.3. The Balaban J connectivity index is 2.80. The van der Waals surface area contributed by atoms with Gasteiger partial charge in [-0.2, -0.15) is 0 Å². The molecule has 0 unspecified atom stereocenters. The topological polar surface area (TPSA) is 61.3 Å². The summed E-state index contributed by atoms with van der Waals surface area (Å²) in [4.78, 5) is 0. The van der Waals surface area contributed by atoms with E-state index in [2.05, 4.69) is 6.92 Å². The molecule has 0 saturated carbocycles. The predicted octanol–water partition coefficient (Wildman–Crippen LogP) is 0.827. The molecule has 3 nitrogen and oxygen atoms in total. The summed E-state index contributed by atoms with van der Waals surface area (Å²) in [6.45, 7) is 3.82. The highest BCUT2D eigenvalue weighted by atomic mass is 16.5. The highest BCUT2D eigenvalue weighted by Crippen LogP contribution is 1.93. The summed E-state index contributed by atoms with van der Waals surface area (Å²) in [6, 6.07) is 0. The number of hydrogen-bond donors (Lipinski definition) is 2. The largest absolute Gasteiger partial charge is 0.381 e. The number of ether oxygens (including phenoxy) is 1. The number of unbranched alkanes of at least 4 members (excludes halogenated alkanes) is 1. The molecule has 0 aromatic heterocycles. The van der Waals surface area contributed by atoms with E-state index in [9.17, 15) is 0 Å². The van der Waals surface area contributed by atoms with E-state index in [1.54, 1.807) is 0 Å². The molecular formula is C8H20N2O. The Morgan fingerprint density at radius 3 is 2.36 bits per heavy atom. The van der Waals surface area contributed by atoms with Gasteiger partial charge in [-0.1, -0.05) is 13.3 Å². The molecule has 0 aliphatic heterocycles. The lowest BCUT2D eigenvalue weighted by molar-refractivity contribution is 0.126. The molecule has 0 heterocycles. The highest BCUT2D eigenvalue weighted by Gasteiger charge is 1.93. The van der Waals surface area contributed by atoms with Crippen LogP contribution < -0.4 is 11.5 Å². The third kappa shape index (κ3) is 9.88. The molecule has 11 heavy (non-hydrogen) atoms. The fourth-order valence-electron chi connectivity index (χ4n) is 0.770. The number of rotatable bonds is 7. The van der Waals surface area contributed by atoms with Gasteiger partial charge < -0.3 is 16.2 Å². The average molecular weight is 160 g/mol. The van der Waals surface area contributed by atoms with Gasteiger partial charge in [-0.05, 0) is 19.3 Å². The monoisotopic (exact) mass is 160 g/mol. The Hall–Kier alpha value is -0.120. The molecule has 0 aliphatic rings. The predicted molar refractivity (Wildman–Crippen MR) is 47.1 cm³/mol. The van der Waals surface area contributed by atoms with E-state index in [0.29, 0.717) is 0 Å². The summed E-state index contributed by atoms with van der Waals surface area (Å²) < 4.78 is 5.31. The minimum atomic E-state index is -0.176. The zero-order valence-corrected chi connectivity index (χ0v) is 7.38. The van der Waals surface area contributed by atoms with Gasteiger partial charge in [-0.3, -0.25) is 0 Å². The van der Waals surface area contributed by atoms with Gasteiger partial charge in [-0.25, -0.2) is 0 Å². The molecule has 3 heteroatoms. The fourth-order valence-corrected chi connectivity index (χ4v) is 0.770. The Labute approximate surface area is 69.1 Å². The summed E-state index contributed by atoms with van der Waals surface area (Å²) in [5, 5.41) is 0. The fraction of sp³-hybridized carbons (Fsp3) is 1.00. The summed E-state index contributed by atoms with van der Waals surface area (Å²) in [7, 11) is 0. The maximum atomic E-state index is 5.36. The standard InChI is InChI=1S/C8H20N2O/c1-2-3-6-11-7-4-5-8(9)10/h8H,2-7,9-10H2,1H3. The zero-order chi connectivity index (χ0) is 8.53. The van der Waals surface area contributed by atoms with Crippen LogP contribution in [-0.2, 0) is 4.74 Å². The van der Waals surface area contributed by atoms with Crippen molar-refractivity contribution in [3.05, 3.63) is 0 Å². The Morgan fingerprint density at radius 1 is 1.18 bits per heavy atom. The first-order valence-electron chi connectivity index (χ1n) is 4.36. The average Bonchev–Trinajstić information content (AvgIpc) is 1.96. The molecule has 0 rings (SSSR count). The molecule has 0 aromatic rings. The van der Waals surface area contributed by atoms with E-state index in [0.717, 1.165) is 32.5 Å². The third-order valence-corrected chi connectivity index (χ3v) is 1.47. The molecule has 0 aromatic carbocycles. The van der Waals surface area contributed by atoms with Crippen LogP contribution in [0, 0.1) is 0 Å². The van der Waals surface area contributed by atoms with Gasteiger partial charge in [0.15, 0.2) is 0 Å². The van der Waals surface area contributed by atoms with Crippen molar-refractivity contribution in [3.8, 4) is 0 Å². The van der Waals surface area contributed by atoms with Gasteiger partial charge in [0.05, 0.1) is 6.17 Å². The third-order valence-electron chi connectivity index (χ3n) is 1.47. The van der Waals surface area contributed by atoms with Crippen molar-refractivity contribution >= 4 is 0 Å². The zero-order valence-electron chi connectivity index (χ0n) is 7.38. The summed E-state index contributed by atoms with van der Waals surface area (Å²) in [5.41, 5.74) is 10.7. The van der Waals surface area contributed by atoms with Crippen molar-refractivity contribution in [3.63, 3.8) is 0 Å². The molecule has 0 amide bonds. The van der Waals surface area contributed by atoms with Crippen LogP contribution in [0.1, 0.15) is 32.6 Å². The van der Waals surface area contributed by atoms with Crippen LogP contribution >= 0.6 is 0 Å². The van der Waals surface area contributed by atoms with Crippen molar-refractivity contribution < 1.29 is 4.74 Å². The first kappa shape index (κ1) is 10.9. The Bertz CT molecular complexity index is 76.5. The van der Waals surface area contributed by atoms with E-state index in [-0.39, 0.29) is 6.17 Å². The molecule has 0 bridgehead atoms. The van der Waals surface area contributed by atoms with Crippen molar-refractivity contribution in [2.45, 2.75) is 38.8 Å². The Kier molecular flexibility index (Phi) is 7.89. The highest BCUT2D eigenvalue weighted by molar-refractivity contribution is 4.49. The summed E-state index contributed by atoms with van der Waals surface area (Å²) >= 11 is 0. The normalized spacial score (nSPS) is 10.9. The molecule has 68 valence electrons. The molecular weight excluding hydrogens is 140 g/mol. The molecule has 0 saturated heterocycles. The number of nitrogens with two attached hydrogens (primary N) is 2. The second-order valence-corrected chi connectivity index (χ2v) is 2.77. The van der Waals surface area contributed by atoms with Crippen LogP contribution in [0.2, 0.25) is 0 Å². The minimum absolute atomic E-state index is 0.176. The van der Waals surface area contributed by atoms with Crippen LogP contribution in [0.4, 0.5) is 0 Å². The second-order valence-electron chi connectivity index (χ2n) is 2.77. The van der Waals surface area contributed by atoms with Crippen molar-refractivity contribution in [1.29, 1.82) is 0 Å². The van der Waals surface area contributed by atoms with Gasteiger partial charge in [0.1, 0.15) is 0 Å². The minimum Gasteiger partial charge on any atom is -0.381 e. The molecule has 0 fully saturated rings. The second kappa shape index (κ2) is 7.98. The maximum absolute atomic E-state index is 5.36. The van der Waals surface area contributed by atoms with E-state index in [4.69, 9.17) is 16.2 Å². The first-order valence-corrected chi connectivity index (χ1v) is 4.36. The maximum Gasteiger partial charge on any atom is 0.0521 e. The van der Waals surface area contributed by atoms with Crippen LogP contribution in [0.15, 0.2) is 0 Å².